The number of hydrogen-bond donors (Lipinski definition) is 1. The van der Waals surface area contributed by atoms with Crippen molar-refractivity contribution in [2.75, 3.05) is 5.88 Å². The molecule has 9 heteroatoms. The van der Waals surface area contributed by atoms with E-state index in [4.69, 9.17) is 20.9 Å². The molecule has 0 saturated carbocycles. The number of nitrogens with zero attached hydrogens (tertiary/aromatic N) is 1. The molecule has 1 heterocycles. The lowest BCUT2D eigenvalue weighted by atomic mass is 10.0. The Morgan fingerprint density at radius 1 is 1.65 bits per heavy atom. The van der Waals surface area contributed by atoms with Gasteiger partial charge in [-0.1, -0.05) is 0 Å². The van der Waals surface area contributed by atoms with Crippen LogP contribution in [-0.2, 0) is 20.9 Å². The van der Waals surface area contributed by atoms with Gasteiger partial charge in [-0.2, -0.15) is 4.08 Å². The quantitative estimate of drug-likeness (QED) is 0.269. The maximum Gasteiger partial charge on any atom is 0.398 e. The molecule has 0 radical (unpaired) electrons. The van der Waals surface area contributed by atoms with Crippen LogP contribution in [0.4, 0.5) is 9.18 Å². The van der Waals surface area contributed by atoms with Crippen LogP contribution in [0.1, 0.15) is 41.0 Å². The van der Waals surface area contributed by atoms with Crippen molar-refractivity contribution in [2.45, 2.75) is 58.8 Å². The van der Waals surface area contributed by atoms with Crippen LogP contribution >= 0.6 is 18.6 Å². The number of halogens is 1. The normalized spacial score (nSPS) is 29.7. The highest BCUT2D eigenvalue weighted by atomic mass is 32.5. The first kappa shape index (κ1) is 18.3. The minimum Gasteiger partial charge on any atom is -0.318 e. The summed E-state index contributed by atoms with van der Waals surface area (Å²) < 4.78 is 26.0. The third kappa shape index (κ3) is 5.24. The maximum atomic E-state index is 12.2. The third-order valence-corrected chi connectivity index (χ3v) is 8.11. The van der Waals surface area contributed by atoms with E-state index in [9.17, 15) is 9.18 Å². The molecule has 0 aromatic heterocycles. The number of carbonyl (C=O) groups is 1. The van der Waals surface area contributed by atoms with Gasteiger partial charge in [-0.05, 0) is 58.4 Å². The lowest BCUT2D eigenvalue weighted by molar-refractivity contribution is -0.00651. The summed E-state index contributed by atoms with van der Waals surface area (Å²) in [6.07, 6.45) is -0.789. The van der Waals surface area contributed by atoms with Gasteiger partial charge in [0, 0.05) is 12.5 Å². The van der Waals surface area contributed by atoms with E-state index in [1.807, 2.05) is 38.7 Å². The summed E-state index contributed by atoms with van der Waals surface area (Å²) in [5.41, 5.74) is -0.357. The number of hydrogen-bond acceptors (Lipinski definition) is 5. The molecule has 0 bridgehead atoms. The SMILES string of the molecule is CC1CC(C)(C)OP(=S)(N(SCNC(=O)F)C(C)C)O1. The fraction of sp³-hybridized carbons (Fsp3) is 0.909. The van der Waals surface area contributed by atoms with Crippen molar-refractivity contribution in [1.29, 1.82) is 0 Å². The Hall–Kier alpha value is 0.280. The Bertz CT molecular complexity index is 409. The predicted octanol–water partition coefficient (Wildman–Crippen LogP) is 3.81. The van der Waals surface area contributed by atoms with Gasteiger partial charge in [0.05, 0.1) is 17.6 Å². The maximum absolute atomic E-state index is 12.2. The number of rotatable bonds is 5. The largest absolute Gasteiger partial charge is 0.398 e. The molecule has 1 rings (SSSR count). The highest BCUT2D eigenvalue weighted by Gasteiger charge is 2.43. The smallest absolute Gasteiger partial charge is 0.318 e. The zero-order valence-corrected chi connectivity index (χ0v) is 14.9. The lowest BCUT2D eigenvalue weighted by Crippen LogP contribution is -2.39. The molecule has 1 fully saturated rings. The van der Waals surface area contributed by atoms with E-state index in [2.05, 4.69) is 5.32 Å². The molecule has 118 valence electrons. The Kier molecular flexibility index (Phi) is 6.44. The molecular weight excluding hydrogens is 322 g/mol. The Balaban J connectivity index is 2.83. The molecule has 1 aliphatic heterocycles. The zero-order chi connectivity index (χ0) is 15.6. The van der Waals surface area contributed by atoms with Gasteiger partial charge in [-0.25, -0.2) is 4.79 Å². The van der Waals surface area contributed by atoms with Crippen molar-refractivity contribution in [3.63, 3.8) is 0 Å². The van der Waals surface area contributed by atoms with Gasteiger partial charge in [0.2, 0.25) is 0 Å². The van der Waals surface area contributed by atoms with Crippen LogP contribution in [0.5, 0.6) is 0 Å². The highest BCUT2D eigenvalue weighted by Crippen LogP contribution is 2.63. The minimum absolute atomic E-state index is 0.00204. The fourth-order valence-electron chi connectivity index (χ4n) is 2.07. The lowest BCUT2D eigenvalue weighted by Gasteiger charge is -2.46. The van der Waals surface area contributed by atoms with Crippen molar-refractivity contribution < 1.29 is 18.2 Å². The summed E-state index contributed by atoms with van der Waals surface area (Å²) in [5, 5.41) is 2.10. The molecule has 2 unspecified atom stereocenters. The molecule has 5 nitrogen and oxygen atoms in total. The van der Waals surface area contributed by atoms with E-state index in [0.717, 1.165) is 6.42 Å². The minimum atomic E-state index is -2.66. The van der Waals surface area contributed by atoms with Crippen LogP contribution in [0, 0.1) is 0 Å². The van der Waals surface area contributed by atoms with Gasteiger partial charge >= 0.3 is 6.16 Å². The summed E-state index contributed by atoms with van der Waals surface area (Å²) in [6.45, 7) is 7.19. The summed E-state index contributed by atoms with van der Waals surface area (Å²) in [6, 6.07) is 0.0449. The van der Waals surface area contributed by atoms with Gasteiger partial charge in [-0.15, -0.1) is 4.39 Å². The van der Waals surface area contributed by atoms with Crippen molar-refractivity contribution in [2.24, 2.45) is 0 Å². The van der Waals surface area contributed by atoms with E-state index in [-0.39, 0.29) is 23.6 Å². The number of nitrogens with one attached hydrogen (secondary N) is 1. The van der Waals surface area contributed by atoms with Gasteiger partial charge < -0.3 is 14.4 Å². The third-order valence-electron chi connectivity index (χ3n) is 2.55. The van der Waals surface area contributed by atoms with Crippen molar-refractivity contribution >= 4 is 36.6 Å². The van der Waals surface area contributed by atoms with E-state index >= 15 is 0 Å². The first-order chi connectivity index (χ1) is 9.06. The highest BCUT2D eigenvalue weighted by molar-refractivity contribution is 8.15. The molecular formula is C11H22FN2O3PS2. The van der Waals surface area contributed by atoms with Crippen LogP contribution in [0.3, 0.4) is 0 Å². The number of amides is 1. The molecule has 1 saturated heterocycles. The average molecular weight is 344 g/mol. The van der Waals surface area contributed by atoms with E-state index in [1.165, 1.54) is 11.9 Å². The van der Waals surface area contributed by atoms with Crippen LogP contribution in [0.15, 0.2) is 0 Å². The summed E-state index contributed by atoms with van der Waals surface area (Å²) >= 11 is 6.84. The first-order valence-corrected chi connectivity index (χ1v) is 9.94. The van der Waals surface area contributed by atoms with E-state index in [0.29, 0.717) is 0 Å². The summed E-state index contributed by atoms with van der Waals surface area (Å²) in [5.74, 6) is 0.0907. The van der Waals surface area contributed by atoms with E-state index < -0.39 is 12.8 Å². The molecule has 1 N–H and O–H groups in total. The molecule has 20 heavy (non-hydrogen) atoms. The van der Waals surface area contributed by atoms with Crippen molar-refractivity contribution in [3.8, 4) is 0 Å². The molecule has 1 amide bonds. The van der Waals surface area contributed by atoms with Gasteiger partial charge in [0.25, 0.3) is 6.64 Å². The van der Waals surface area contributed by atoms with Crippen LogP contribution in [-0.4, -0.2) is 33.9 Å². The van der Waals surface area contributed by atoms with Crippen LogP contribution < -0.4 is 5.32 Å². The molecule has 0 aromatic carbocycles. The fourth-order valence-corrected chi connectivity index (χ4v) is 7.68. The Morgan fingerprint density at radius 3 is 2.70 bits per heavy atom. The van der Waals surface area contributed by atoms with Crippen molar-refractivity contribution in [3.05, 3.63) is 0 Å². The molecule has 0 aromatic rings. The predicted molar refractivity (Wildman–Crippen MR) is 83.7 cm³/mol. The molecule has 0 aliphatic carbocycles. The average Bonchev–Trinajstić information content (AvgIpc) is 2.19. The second-order valence-electron chi connectivity index (χ2n) is 5.56. The summed E-state index contributed by atoms with van der Waals surface area (Å²) in [4.78, 5) is 10.3. The summed E-state index contributed by atoms with van der Waals surface area (Å²) in [7, 11) is 0. The van der Waals surface area contributed by atoms with Crippen LogP contribution in [0.2, 0.25) is 0 Å². The van der Waals surface area contributed by atoms with Gasteiger partial charge in [0.15, 0.2) is 0 Å². The zero-order valence-electron chi connectivity index (χ0n) is 12.4. The second-order valence-corrected chi connectivity index (χ2v) is 9.92. The molecule has 2 atom stereocenters. The van der Waals surface area contributed by atoms with Crippen molar-refractivity contribution in [1.82, 2.24) is 9.39 Å². The van der Waals surface area contributed by atoms with Gasteiger partial charge in [0.1, 0.15) is 0 Å². The second kappa shape index (κ2) is 7.03. The topological polar surface area (TPSA) is 50.8 Å². The Labute approximate surface area is 129 Å². The number of carbonyl (C=O) groups excluding carboxylic acids is 1. The first-order valence-electron chi connectivity index (χ1n) is 6.41. The molecule has 0 spiro atoms. The standard InChI is InChI=1S/C11H22FN2O3PS2/c1-8(2)14(20-7-13-10(12)15)18(19)16-9(3)6-11(4,5)17-18/h8-9H,6-7H2,1-5H3,(H,13,15). The van der Waals surface area contributed by atoms with E-state index in [1.54, 1.807) is 0 Å². The Morgan fingerprint density at radius 2 is 2.25 bits per heavy atom. The van der Waals surface area contributed by atoms with Crippen LogP contribution in [0.25, 0.3) is 0 Å². The monoisotopic (exact) mass is 344 g/mol. The molecule has 1 aliphatic rings. The van der Waals surface area contributed by atoms with Gasteiger partial charge in [-0.3, -0.25) is 0 Å².